The van der Waals surface area contributed by atoms with Gasteiger partial charge in [-0.3, -0.25) is 4.57 Å². The first-order valence-electron chi connectivity index (χ1n) is 6.85. The summed E-state index contributed by atoms with van der Waals surface area (Å²) in [5, 5.41) is 0. The van der Waals surface area contributed by atoms with Gasteiger partial charge in [-0.2, -0.15) is 4.98 Å². The summed E-state index contributed by atoms with van der Waals surface area (Å²) in [7, 11) is 0. The summed E-state index contributed by atoms with van der Waals surface area (Å²) in [5.74, 6) is 0.270. The number of ether oxygens (including phenoxy) is 1. The first-order chi connectivity index (χ1) is 9.56. The van der Waals surface area contributed by atoms with E-state index in [-0.39, 0.29) is 11.9 Å². The van der Waals surface area contributed by atoms with Gasteiger partial charge in [0.05, 0.1) is 11.4 Å². The van der Waals surface area contributed by atoms with E-state index in [4.69, 9.17) is 10.5 Å². The molecule has 0 saturated heterocycles. The van der Waals surface area contributed by atoms with Crippen LogP contribution < -0.4 is 10.5 Å². The SMILES string of the molecule is CCc1nc(Oc2ccc(F)cc2)n(CC)c1C(C)N. The van der Waals surface area contributed by atoms with Crippen LogP contribution in [0, 0.1) is 5.82 Å². The van der Waals surface area contributed by atoms with Gasteiger partial charge in [0, 0.05) is 12.6 Å². The van der Waals surface area contributed by atoms with E-state index in [0.717, 1.165) is 24.4 Å². The van der Waals surface area contributed by atoms with Crippen LogP contribution in [-0.4, -0.2) is 9.55 Å². The molecule has 2 rings (SSSR count). The largest absolute Gasteiger partial charge is 0.426 e. The van der Waals surface area contributed by atoms with E-state index in [1.54, 1.807) is 12.1 Å². The summed E-state index contributed by atoms with van der Waals surface area (Å²) in [6.07, 6.45) is 0.795. The van der Waals surface area contributed by atoms with Gasteiger partial charge in [0.2, 0.25) is 0 Å². The molecule has 0 bridgehead atoms. The zero-order chi connectivity index (χ0) is 14.7. The van der Waals surface area contributed by atoms with Crippen LogP contribution in [-0.2, 0) is 13.0 Å². The van der Waals surface area contributed by atoms with Crippen LogP contribution in [0.15, 0.2) is 24.3 Å². The molecule has 0 aliphatic carbocycles. The predicted octanol–water partition coefficient (Wildman–Crippen LogP) is 3.42. The van der Waals surface area contributed by atoms with Crippen LogP contribution in [0.5, 0.6) is 11.8 Å². The van der Waals surface area contributed by atoms with Gasteiger partial charge in [-0.25, -0.2) is 4.39 Å². The Balaban J connectivity index is 2.38. The quantitative estimate of drug-likeness (QED) is 0.911. The third-order valence-electron chi connectivity index (χ3n) is 3.15. The van der Waals surface area contributed by atoms with E-state index in [0.29, 0.717) is 11.8 Å². The molecule has 1 atom stereocenters. The molecule has 0 fully saturated rings. The van der Waals surface area contributed by atoms with E-state index in [1.165, 1.54) is 12.1 Å². The Morgan fingerprint density at radius 1 is 1.30 bits per heavy atom. The molecular formula is C15H20FN3O. The normalized spacial score (nSPS) is 12.4. The van der Waals surface area contributed by atoms with Crippen molar-refractivity contribution >= 4 is 0 Å². The summed E-state index contributed by atoms with van der Waals surface area (Å²) in [6.45, 7) is 6.71. The molecule has 0 spiro atoms. The number of benzene rings is 1. The number of rotatable bonds is 5. The van der Waals surface area contributed by atoms with Gasteiger partial charge in [-0.1, -0.05) is 6.92 Å². The average molecular weight is 277 g/mol. The van der Waals surface area contributed by atoms with Crippen molar-refractivity contribution < 1.29 is 9.13 Å². The number of nitrogens with zero attached hydrogens (tertiary/aromatic N) is 2. The van der Waals surface area contributed by atoms with Crippen LogP contribution in [0.4, 0.5) is 4.39 Å². The second-order valence-corrected chi connectivity index (χ2v) is 4.67. The highest BCUT2D eigenvalue weighted by atomic mass is 19.1. The number of imidazole rings is 1. The van der Waals surface area contributed by atoms with Crippen LogP contribution in [0.2, 0.25) is 0 Å². The minimum atomic E-state index is -0.290. The lowest BCUT2D eigenvalue weighted by Gasteiger charge is -2.12. The maximum absolute atomic E-state index is 12.9. The third-order valence-corrected chi connectivity index (χ3v) is 3.15. The maximum atomic E-state index is 12.9. The minimum absolute atomic E-state index is 0.108. The molecule has 4 nitrogen and oxygen atoms in total. The molecule has 2 N–H and O–H groups in total. The molecule has 1 heterocycles. The van der Waals surface area contributed by atoms with E-state index in [2.05, 4.69) is 4.98 Å². The summed E-state index contributed by atoms with van der Waals surface area (Å²) >= 11 is 0. The molecule has 0 aliphatic heterocycles. The standard InChI is InChI=1S/C15H20FN3O/c1-4-13-14(10(3)17)19(5-2)15(18-13)20-12-8-6-11(16)7-9-12/h6-10H,4-5,17H2,1-3H3. The zero-order valence-electron chi connectivity index (χ0n) is 12.1. The van der Waals surface area contributed by atoms with Crippen LogP contribution in [0.3, 0.4) is 0 Å². The van der Waals surface area contributed by atoms with E-state index >= 15 is 0 Å². The molecule has 108 valence electrons. The minimum Gasteiger partial charge on any atom is -0.426 e. The van der Waals surface area contributed by atoms with Crippen molar-refractivity contribution in [1.29, 1.82) is 0 Å². The molecule has 20 heavy (non-hydrogen) atoms. The molecule has 1 unspecified atom stereocenters. The highest BCUT2D eigenvalue weighted by Gasteiger charge is 2.19. The second-order valence-electron chi connectivity index (χ2n) is 4.67. The number of halogens is 1. The van der Waals surface area contributed by atoms with E-state index in [9.17, 15) is 4.39 Å². The molecule has 0 saturated carbocycles. The topological polar surface area (TPSA) is 53.1 Å². The molecular weight excluding hydrogens is 257 g/mol. The smallest absolute Gasteiger partial charge is 0.302 e. The Hall–Kier alpha value is -1.88. The summed E-state index contributed by atoms with van der Waals surface area (Å²) < 4.78 is 20.6. The highest BCUT2D eigenvalue weighted by molar-refractivity contribution is 5.29. The molecule has 2 aromatic rings. The van der Waals surface area contributed by atoms with Crippen molar-refractivity contribution in [1.82, 2.24) is 9.55 Å². The summed E-state index contributed by atoms with van der Waals surface area (Å²) in [5.41, 5.74) is 7.96. The van der Waals surface area contributed by atoms with Crippen LogP contribution >= 0.6 is 0 Å². The monoisotopic (exact) mass is 277 g/mol. The summed E-state index contributed by atoms with van der Waals surface area (Å²) in [4.78, 5) is 4.51. The van der Waals surface area contributed by atoms with Crippen molar-refractivity contribution in [3.63, 3.8) is 0 Å². The number of aryl methyl sites for hydroxylation is 1. The Labute approximate surface area is 118 Å². The van der Waals surface area contributed by atoms with Gasteiger partial charge in [0.1, 0.15) is 11.6 Å². The van der Waals surface area contributed by atoms with Crippen LogP contribution in [0.25, 0.3) is 0 Å². The number of aromatic nitrogens is 2. The van der Waals surface area contributed by atoms with E-state index in [1.807, 2.05) is 25.3 Å². The lowest BCUT2D eigenvalue weighted by atomic mass is 10.1. The summed E-state index contributed by atoms with van der Waals surface area (Å²) in [6, 6.07) is 6.29. The molecule has 5 heteroatoms. The van der Waals surface area contributed by atoms with Gasteiger partial charge in [0.15, 0.2) is 0 Å². The van der Waals surface area contributed by atoms with Crippen molar-refractivity contribution in [3.8, 4) is 11.8 Å². The predicted molar refractivity (Wildman–Crippen MR) is 76.4 cm³/mol. The van der Waals surface area contributed by atoms with Gasteiger partial charge >= 0.3 is 6.01 Å². The second kappa shape index (κ2) is 6.05. The molecule has 1 aromatic heterocycles. The fourth-order valence-electron chi connectivity index (χ4n) is 2.25. The fraction of sp³-hybridized carbons (Fsp3) is 0.400. The van der Waals surface area contributed by atoms with Gasteiger partial charge in [-0.15, -0.1) is 0 Å². The number of nitrogens with two attached hydrogens (primary N) is 1. The van der Waals surface area contributed by atoms with E-state index < -0.39 is 0 Å². The lowest BCUT2D eigenvalue weighted by molar-refractivity contribution is 0.408. The Bertz CT molecular complexity index is 576. The van der Waals surface area contributed by atoms with Gasteiger partial charge in [0.25, 0.3) is 0 Å². The fourth-order valence-corrected chi connectivity index (χ4v) is 2.25. The molecule has 1 aromatic carbocycles. The zero-order valence-corrected chi connectivity index (χ0v) is 12.1. The molecule has 0 amide bonds. The van der Waals surface area contributed by atoms with Crippen molar-refractivity contribution in [3.05, 3.63) is 41.5 Å². The maximum Gasteiger partial charge on any atom is 0.302 e. The first kappa shape index (κ1) is 14.5. The van der Waals surface area contributed by atoms with Gasteiger partial charge in [-0.05, 0) is 44.5 Å². The van der Waals surface area contributed by atoms with Crippen molar-refractivity contribution in [2.75, 3.05) is 0 Å². The molecule has 0 radical (unpaired) electrons. The van der Waals surface area contributed by atoms with Gasteiger partial charge < -0.3 is 10.5 Å². The Kier molecular flexibility index (Phi) is 4.39. The number of hydrogen-bond acceptors (Lipinski definition) is 3. The van der Waals surface area contributed by atoms with Crippen molar-refractivity contribution in [2.24, 2.45) is 5.73 Å². The lowest BCUT2D eigenvalue weighted by Crippen LogP contribution is -2.14. The Morgan fingerprint density at radius 2 is 1.95 bits per heavy atom. The Morgan fingerprint density at radius 3 is 2.45 bits per heavy atom. The third kappa shape index (κ3) is 2.82. The van der Waals surface area contributed by atoms with Crippen molar-refractivity contribution in [2.45, 2.75) is 39.8 Å². The molecule has 0 aliphatic rings. The average Bonchev–Trinajstić information content (AvgIpc) is 2.79. The highest BCUT2D eigenvalue weighted by Crippen LogP contribution is 2.27. The number of hydrogen-bond donors (Lipinski definition) is 1. The first-order valence-corrected chi connectivity index (χ1v) is 6.85. The van der Waals surface area contributed by atoms with Crippen LogP contribution in [0.1, 0.15) is 38.2 Å².